The van der Waals surface area contributed by atoms with Gasteiger partial charge in [-0.25, -0.2) is 4.31 Å². The lowest BCUT2D eigenvalue weighted by Crippen LogP contribution is -2.21. The summed E-state index contributed by atoms with van der Waals surface area (Å²) in [7, 11) is 0. The highest BCUT2D eigenvalue weighted by Crippen LogP contribution is 2.27. The molecule has 0 radical (unpaired) electrons. The van der Waals surface area contributed by atoms with Crippen molar-refractivity contribution >= 4 is 17.9 Å². The summed E-state index contributed by atoms with van der Waals surface area (Å²) in [6.45, 7) is 6.07. The van der Waals surface area contributed by atoms with Crippen LogP contribution in [0.3, 0.4) is 0 Å². The number of benzene rings is 2. The normalized spacial score (nSPS) is 12.2. The molecule has 31 heavy (non-hydrogen) atoms. The minimum absolute atomic E-state index is 0.156. The first-order valence-corrected chi connectivity index (χ1v) is 11.9. The van der Waals surface area contributed by atoms with Gasteiger partial charge in [0.2, 0.25) is 0 Å². The molecule has 0 bridgehead atoms. The first-order valence-electron chi connectivity index (χ1n) is 11.1. The Morgan fingerprint density at radius 3 is 2.13 bits per heavy atom. The van der Waals surface area contributed by atoms with Gasteiger partial charge in [-0.1, -0.05) is 50.2 Å². The number of esters is 1. The first-order chi connectivity index (χ1) is 15.0. The monoisotopic (exact) mass is 445 g/mol. The van der Waals surface area contributed by atoms with Crippen LogP contribution in [0.1, 0.15) is 45.1 Å². The fourth-order valence-corrected chi connectivity index (χ4v) is 4.28. The molecule has 2 aromatic carbocycles. The van der Waals surface area contributed by atoms with Crippen LogP contribution in [0, 0.1) is 0 Å². The van der Waals surface area contributed by atoms with E-state index in [9.17, 15) is 9.90 Å². The molecule has 6 heteroatoms. The van der Waals surface area contributed by atoms with Crippen molar-refractivity contribution in [3.05, 3.63) is 54.1 Å². The summed E-state index contributed by atoms with van der Waals surface area (Å²) in [4.78, 5) is 12.9. The Hall–Kier alpha value is -1.86. The quantitative estimate of drug-likeness (QED) is 0.324. The zero-order valence-corrected chi connectivity index (χ0v) is 19.4. The molecule has 0 aliphatic rings. The van der Waals surface area contributed by atoms with E-state index in [1.807, 2.05) is 11.9 Å². The molecule has 0 amide bonds. The largest absolute Gasteiger partial charge is 0.463 e. The maximum absolute atomic E-state index is 11.6. The van der Waals surface area contributed by atoms with E-state index in [1.54, 1.807) is 0 Å². The van der Waals surface area contributed by atoms with Gasteiger partial charge in [-0.2, -0.15) is 0 Å². The lowest BCUT2D eigenvalue weighted by atomic mass is 10.0. The van der Waals surface area contributed by atoms with Crippen molar-refractivity contribution in [3.63, 3.8) is 0 Å². The molecule has 2 aromatic rings. The summed E-state index contributed by atoms with van der Waals surface area (Å²) in [6, 6.07) is 17.2. The van der Waals surface area contributed by atoms with E-state index in [1.165, 1.54) is 21.6 Å². The van der Waals surface area contributed by atoms with Crippen LogP contribution in [0.2, 0.25) is 0 Å². The van der Waals surface area contributed by atoms with Gasteiger partial charge in [0, 0.05) is 24.4 Å². The van der Waals surface area contributed by atoms with Crippen molar-refractivity contribution < 1.29 is 19.7 Å². The number of carbonyl (C=O) groups is 1. The lowest BCUT2D eigenvalue weighted by molar-refractivity contribution is -0.147. The Labute approximate surface area is 190 Å². The number of nitrogens with zero attached hydrogens (tertiary/aromatic N) is 1. The second kappa shape index (κ2) is 14.2. The van der Waals surface area contributed by atoms with Gasteiger partial charge in [0.1, 0.15) is 12.7 Å². The van der Waals surface area contributed by atoms with E-state index in [-0.39, 0.29) is 12.6 Å². The van der Waals surface area contributed by atoms with Crippen LogP contribution in [-0.4, -0.2) is 52.9 Å². The maximum atomic E-state index is 11.6. The summed E-state index contributed by atoms with van der Waals surface area (Å²) < 4.78 is 7.34. The van der Waals surface area contributed by atoms with Gasteiger partial charge in [0.05, 0.1) is 6.61 Å². The van der Waals surface area contributed by atoms with Crippen LogP contribution in [-0.2, 0) is 16.0 Å². The van der Waals surface area contributed by atoms with E-state index in [0.717, 1.165) is 32.4 Å². The minimum atomic E-state index is -1.00. The topological polar surface area (TPSA) is 70.0 Å². The van der Waals surface area contributed by atoms with E-state index in [0.29, 0.717) is 12.8 Å². The standard InChI is InChI=1S/C25H35NO4S/c1-3-16-26(17-4-2)31-24-14-12-22(13-15-24)21-10-8-20(9-11-21)6-5-7-25(29)30-19-23(28)18-27/h8-15,23,27-28H,3-7,16-19H2,1-2H3. The fourth-order valence-electron chi connectivity index (χ4n) is 3.17. The van der Waals surface area contributed by atoms with Crippen LogP contribution in [0.5, 0.6) is 0 Å². The summed E-state index contributed by atoms with van der Waals surface area (Å²) in [5, 5.41) is 17.9. The second-order valence-electron chi connectivity index (χ2n) is 7.61. The second-order valence-corrected chi connectivity index (χ2v) is 8.78. The average Bonchev–Trinajstić information content (AvgIpc) is 2.79. The van der Waals surface area contributed by atoms with Crippen LogP contribution < -0.4 is 0 Å². The van der Waals surface area contributed by atoms with Crippen molar-refractivity contribution in [2.45, 2.75) is 57.0 Å². The Bertz CT molecular complexity index is 758. The summed E-state index contributed by atoms with van der Waals surface area (Å²) in [5.74, 6) is -0.349. The minimum Gasteiger partial charge on any atom is -0.463 e. The van der Waals surface area contributed by atoms with Gasteiger partial charge in [0.25, 0.3) is 0 Å². The van der Waals surface area contributed by atoms with Crippen molar-refractivity contribution in [1.29, 1.82) is 0 Å². The third-order valence-electron chi connectivity index (χ3n) is 4.82. The molecule has 2 rings (SSSR count). The number of carbonyl (C=O) groups excluding carboxylic acids is 1. The molecule has 0 spiro atoms. The molecule has 5 nitrogen and oxygen atoms in total. The van der Waals surface area contributed by atoms with Gasteiger partial charge in [-0.05, 0) is 66.5 Å². The number of hydrogen-bond acceptors (Lipinski definition) is 6. The molecular weight excluding hydrogens is 410 g/mol. The van der Waals surface area contributed by atoms with Crippen LogP contribution >= 0.6 is 11.9 Å². The smallest absolute Gasteiger partial charge is 0.305 e. The average molecular weight is 446 g/mol. The van der Waals surface area contributed by atoms with Gasteiger partial charge in [-0.3, -0.25) is 4.79 Å². The van der Waals surface area contributed by atoms with E-state index in [2.05, 4.69) is 66.7 Å². The SMILES string of the molecule is CCCN(CCC)Sc1ccc(-c2ccc(CCCC(=O)OCC(O)CO)cc2)cc1. The van der Waals surface area contributed by atoms with Gasteiger partial charge >= 0.3 is 5.97 Å². The summed E-state index contributed by atoms with van der Waals surface area (Å²) >= 11 is 1.83. The number of aliphatic hydroxyl groups is 2. The summed E-state index contributed by atoms with van der Waals surface area (Å²) in [6.07, 6.45) is 3.09. The molecule has 0 aromatic heterocycles. The summed E-state index contributed by atoms with van der Waals surface area (Å²) in [5.41, 5.74) is 3.55. The Morgan fingerprint density at radius 2 is 1.58 bits per heavy atom. The molecule has 0 saturated heterocycles. The van der Waals surface area contributed by atoms with E-state index >= 15 is 0 Å². The van der Waals surface area contributed by atoms with Crippen molar-refractivity contribution in [3.8, 4) is 11.1 Å². The molecule has 0 aliphatic heterocycles. The number of ether oxygens (including phenoxy) is 1. The molecule has 170 valence electrons. The number of hydrogen-bond donors (Lipinski definition) is 2. The van der Waals surface area contributed by atoms with Crippen LogP contribution in [0.25, 0.3) is 11.1 Å². The van der Waals surface area contributed by atoms with E-state index < -0.39 is 12.7 Å². The van der Waals surface area contributed by atoms with E-state index in [4.69, 9.17) is 9.84 Å². The zero-order valence-electron chi connectivity index (χ0n) is 18.6. The van der Waals surface area contributed by atoms with Crippen molar-refractivity contribution in [1.82, 2.24) is 4.31 Å². The van der Waals surface area contributed by atoms with Gasteiger partial charge in [-0.15, -0.1) is 0 Å². The Morgan fingerprint density at radius 1 is 1.00 bits per heavy atom. The predicted molar refractivity (Wildman–Crippen MR) is 127 cm³/mol. The molecule has 0 saturated carbocycles. The third-order valence-corrected chi connectivity index (χ3v) is 5.92. The third kappa shape index (κ3) is 9.44. The van der Waals surface area contributed by atoms with Crippen molar-refractivity contribution in [2.24, 2.45) is 0 Å². The lowest BCUT2D eigenvalue weighted by Gasteiger charge is -2.19. The molecule has 0 heterocycles. The maximum Gasteiger partial charge on any atom is 0.305 e. The van der Waals surface area contributed by atoms with Gasteiger partial charge < -0.3 is 14.9 Å². The Kier molecular flexibility index (Phi) is 11.7. The van der Waals surface area contributed by atoms with Gasteiger partial charge in [0.15, 0.2) is 0 Å². The highest BCUT2D eigenvalue weighted by Gasteiger charge is 2.08. The number of aliphatic hydroxyl groups excluding tert-OH is 2. The highest BCUT2D eigenvalue weighted by molar-refractivity contribution is 7.97. The number of aryl methyl sites for hydroxylation is 1. The predicted octanol–water partition coefficient (Wildman–Crippen LogP) is 4.70. The molecule has 1 unspecified atom stereocenters. The molecular formula is C25H35NO4S. The molecule has 0 fully saturated rings. The van der Waals surface area contributed by atoms with Crippen LogP contribution in [0.15, 0.2) is 53.4 Å². The molecule has 0 aliphatic carbocycles. The van der Waals surface area contributed by atoms with Crippen molar-refractivity contribution in [2.75, 3.05) is 26.3 Å². The fraction of sp³-hybridized carbons (Fsp3) is 0.480. The number of rotatable bonds is 14. The highest BCUT2D eigenvalue weighted by atomic mass is 32.2. The molecule has 2 N–H and O–H groups in total. The Balaban J connectivity index is 1.82. The van der Waals surface area contributed by atoms with Crippen LogP contribution in [0.4, 0.5) is 0 Å². The first kappa shape index (κ1) is 25.4. The zero-order chi connectivity index (χ0) is 22.5. The molecule has 1 atom stereocenters.